The number of hydrogen-bond donors (Lipinski definition) is 1. The number of carbonyl (C=O) groups excluding carboxylic acids is 1. The van der Waals surface area contributed by atoms with E-state index in [1.807, 2.05) is 0 Å². The van der Waals surface area contributed by atoms with E-state index in [-0.39, 0.29) is 17.5 Å². The van der Waals surface area contributed by atoms with Crippen LogP contribution in [0.5, 0.6) is 0 Å². The van der Waals surface area contributed by atoms with E-state index in [4.69, 9.17) is 5.26 Å². The van der Waals surface area contributed by atoms with Gasteiger partial charge >= 0.3 is 0 Å². The monoisotopic (exact) mass is 264 g/mol. The molecule has 0 spiro atoms. The van der Waals surface area contributed by atoms with Crippen LogP contribution in [0.2, 0.25) is 0 Å². The molecule has 0 radical (unpaired) electrons. The van der Waals surface area contributed by atoms with E-state index in [2.05, 4.69) is 11.4 Å². The average molecular weight is 264 g/mol. The lowest BCUT2D eigenvalue weighted by molar-refractivity contribution is 0.0924. The molecule has 0 atom stereocenters. The molecule has 0 aromatic heterocycles. The molecular formula is C14H14F2N2O. The van der Waals surface area contributed by atoms with Gasteiger partial charge in [-0.3, -0.25) is 4.79 Å². The summed E-state index contributed by atoms with van der Waals surface area (Å²) >= 11 is 0. The molecule has 1 aliphatic carbocycles. The van der Waals surface area contributed by atoms with Gasteiger partial charge in [-0.25, -0.2) is 8.78 Å². The number of halogens is 2. The third-order valence-electron chi connectivity index (χ3n) is 3.43. The topological polar surface area (TPSA) is 52.9 Å². The van der Waals surface area contributed by atoms with E-state index in [1.165, 1.54) is 6.07 Å². The number of hydrogen-bond acceptors (Lipinski definition) is 2. The number of nitrogens with one attached hydrogen (secondary N) is 1. The van der Waals surface area contributed by atoms with Gasteiger partial charge in [-0.2, -0.15) is 5.26 Å². The third-order valence-corrected chi connectivity index (χ3v) is 3.43. The molecule has 1 aliphatic rings. The molecule has 1 aromatic carbocycles. The summed E-state index contributed by atoms with van der Waals surface area (Å²) in [5.41, 5.74) is 0.112. The second-order valence-electron chi connectivity index (χ2n) is 4.78. The van der Waals surface area contributed by atoms with Crippen molar-refractivity contribution in [3.63, 3.8) is 0 Å². The quantitative estimate of drug-likeness (QED) is 0.893. The lowest BCUT2D eigenvalue weighted by Gasteiger charge is -2.25. The van der Waals surface area contributed by atoms with Crippen molar-refractivity contribution in [2.24, 2.45) is 5.92 Å². The molecule has 1 N–H and O–H groups in total. The Morgan fingerprint density at radius 1 is 1.21 bits per heavy atom. The minimum absolute atomic E-state index is 0.00483. The van der Waals surface area contributed by atoms with Gasteiger partial charge in [0.15, 0.2) is 11.6 Å². The zero-order chi connectivity index (χ0) is 13.8. The first-order valence-electron chi connectivity index (χ1n) is 6.25. The van der Waals surface area contributed by atoms with Crippen LogP contribution in [0.15, 0.2) is 18.2 Å². The number of carbonyl (C=O) groups is 1. The number of amides is 1. The minimum atomic E-state index is -1.03. The fourth-order valence-electron chi connectivity index (χ4n) is 2.27. The SMILES string of the molecule is N#CC1CCC(NC(=O)c2ccc(F)c(F)c2)CC1. The summed E-state index contributed by atoms with van der Waals surface area (Å²) in [7, 11) is 0. The van der Waals surface area contributed by atoms with Gasteiger partial charge < -0.3 is 5.32 Å². The Morgan fingerprint density at radius 2 is 1.89 bits per heavy atom. The zero-order valence-corrected chi connectivity index (χ0v) is 10.3. The van der Waals surface area contributed by atoms with Gasteiger partial charge in [-0.1, -0.05) is 0 Å². The van der Waals surface area contributed by atoms with Crippen molar-refractivity contribution in [1.82, 2.24) is 5.32 Å². The maximum Gasteiger partial charge on any atom is 0.251 e. The summed E-state index contributed by atoms with van der Waals surface area (Å²) in [4.78, 5) is 11.9. The third kappa shape index (κ3) is 3.28. The average Bonchev–Trinajstić information content (AvgIpc) is 2.42. The Labute approximate surface area is 110 Å². The van der Waals surface area contributed by atoms with Crippen LogP contribution in [-0.2, 0) is 0 Å². The van der Waals surface area contributed by atoms with Crippen LogP contribution < -0.4 is 5.32 Å². The van der Waals surface area contributed by atoms with Crippen LogP contribution in [0.25, 0.3) is 0 Å². The smallest absolute Gasteiger partial charge is 0.251 e. The van der Waals surface area contributed by atoms with Gasteiger partial charge in [0.05, 0.1) is 6.07 Å². The first-order chi connectivity index (χ1) is 9.10. The van der Waals surface area contributed by atoms with Crippen LogP contribution in [0, 0.1) is 28.9 Å². The second kappa shape index (κ2) is 5.79. The maximum absolute atomic E-state index is 13.0. The summed E-state index contributed by atoms with van der Waals surface area (Å²) in [5, 5.41) is 11.6. The Bertz CT molecular complexity index is 517. The summed E-state index contributed by atoms with van der Waals surface area (Å²) in [6.45, 7) is 0. The molecule has 0 heterocycles. The highest BCUT2D eigenvalue weighted by Gasteiger charge is 2.22. The fraction of sp³-hybridized carbons (Fsp3) is 0.429. The van der Waals surface area contributed by atoms with E-state index in [9.17, 15) is 13.6 Å². The largest absolute Gasteiger partial charge is 0.349 e. The standard InChI is InChI=1S/C14H14F2N2O/c15-12-6-3-10(7-13(12)16)14(19)18-11-4-1-9(8-17)2-5-11/h3,6-7,9,11H,1-2,4-5H2,(H,18,19). The Morgan fingerprint density at radius 3 is 2.47 bits per heavy atom. The molecule has 5 heteroatoms. The lowest BCUT2D eigenvalue weighted by Crippen LogP contribution is -2.37. The fourth-order valence-corrected chi connectivity index (χ4v) is 2.27. The highest BCUT2D eigenvalue weighted by atomic mass is 19.2. The minimum Gasteiger partial charge on any atom is -0.349 e. The van der Waals surface area contributed by atoms with Crippen molar-refractivity contribution < 1.29 is 13.6 Å². The molecule has 1 amide bonds. The molecule has 19 heavy (non-hydrogen) atoms. The van der Waals surface area contributed by atoms with Crippen LogP contribution in [0.4, 0.5) is 8.78 Å². The number of nitriles is 1. The van der Waals surface area contributed by atoms with Crippen molar-refractivity contribution in [2.75, 3.05) is 0 Å². The number of nitrogens with zero attached hydrogens (tertiary/aromatic N) is 1. The van der Waals surface area contributed by atoms with Crippen LogP contribution in [0.1, 0.15) is 36.0 Å². The summed E-state index contributed by atoms with van der Waals surface area (Å²) < 4.78 is 25.8. The molecule has 3 nitrogen and oxygen atoms in total. The van der Waals surface area contributed by atoms with Crippen molar-refractivity contribution in [3.05, 3.63) is 35.4 Å². The lowest BCUT2D eigenvalue weighted by atomic mass is 9.87. The molecule has 0 aliphatic heterocycles. The molecule has 0 saturated heterocycles. The van der Waals surface area contributed by atoms with Crippen LogP contribution in [0.3, 0.4) is 0 Å². The predicted octanol–water partition coefficient (Wildman–Crippen LogP) is 2.78. The number of benzene rings is 1. The molecule has 1 aromatic rings. The normalized spacial score (nSPS) is 22.6. The van der Waals surface area contributed by atoms with Gasteiger partial charge in [-0.15, -0.1) is 0 Å². The van der Waals surface area contributed by atoms with Crippen LogP contribution >= 0.6 is 0 Å². The van der Waals surface area contributed by atoms with E-state index in [1.54, 1.807) is 0 Å². The van der Waals surface area contributed by atoms with Crippen LogP contribution in [-0.4, -0.2) is 11.9 Å². The van der Waals surface area contributed by atoms with Gasteiger partial charge in [0.2, 0.25) is 0 Å². The summed E-state index contributed by atoms with van der Waals surface area (Å²) in [5.74, 6) is -2.33. The maximum atomic E-state index is 13.0. The van der Waals surface area contributed by atoms with Gasteiger partial charge in [0.25, 0.3) is 5.91 Å². The van der Waals surface area contributed by atoms with Gasteiger partial charge in [-0.05, 0) is 43.9 Å². The first-order valence-corrected chi connectivity index (χ1v) is 6.25. The highest BCUT2D eigenvalue weighted by molar-refractivity contribution is 5.94. The molecule has 2 rings (SSSR count). The van der Waals surface area contributed by atoms with Gasteiger partial charge in [0, 0.05) is 17.5 Å². The van der Waals surface area contributed by atoms with E-state index in [0.29, 0.717) is 0 Å². The molecule has 1 fully saturated rings. The zero-order valence-electron chi connectivity index (χ0n) is 10.3. The summed E-state index contributed by atoms with van der Waals surface area (Å²) in [6, 6.07) is 5.32. The second-order valence-corrected chi connectivity index (χ2v) is 4.78. The van der Waals surface area contributed by atoms with Crippen molar-refractivity contribution >= 4 is 5.91 Å². The Kier molecular flexibility index (Phi) is 4.10. The van der Waals surface area contributed by atoms with Gasteiger partial charge in [0.1, 0.15) is 0 Å². The Balaban J connectivity index is 1.94. The predicted molar refractivity (Wildman–Crippen MR) is 65.2 cm³/mol. The molecule has 0 unspecified atom stereocenters. The summed E-state index contributed by atoms with van der Waals surface area (Å²) in [6.07, 6.45) is 3.01. The van der Waals surface area contributed by atoms with Crippen molar-refractivity contribution in [3.8, 4) is 6.07 Å². The highest BCUT2D eigenvalue weighted by Crippen LogP contribution is 2.23. The van der Waals surface area contributed by atoms with Crippen molar-refractivity contribution in [2.45, 2.75) is 31.7 Å². The molecule has 100 valence electrons. The van der Waals surface area contributed by atoms with E-state index < -0.39 is 17.5 Å². The molecule has 0 bridgehead atoms. The first kappa shape index (κ1) is 13.5. The molecular weight excluding hydrogens is 250 g/mol. The molecule has 1 saturated carbocycles. The number of rotatable bonds is 2. The van der Waals surface area contributed by atoms with E-state index >= 15 is 0 Å². The Hall–Kier alpha value is -1.96. The van der Waals surface area contributed by atoms with E-state index in [0.717, 1.165) is 37.8 Å². The van der Waals surface area contributed by atoms with Crippen molar-refractivity contribution in [1.29, 1.82) is 5.26 Å².